The first kappa shape index (κ1) is 9.77. The molecule has 0 aliphatic heterocycles. The minimum Gasteiger partial charge on any atom is -0.447 e. The van der Waals surface area contributed by atoms with Crippen LogP contribution in [-0.2, 0) is 6.54 Å². The van der Waals surface area contributed by atoms with E-state index in [2.05, 4.69) is 42.3 Å². The summed E-state index contributed by atoms with van der Waals surface area (Å²) in [4.78, 5) is 3.87. The third-order valence-corrected chi connectivity index (χ3v) is 2.33. The fourth-order valence-electron chi connectivity index (χ4n) is 1.44. The largest absolute Gasteiger partial charge is 0.447 e. The van der Waals surface area contributed by atoms with E-state index in [0.717, 1.165) is 11.4 Å². The van der Waals surface area contributed by atoms with Gasteiger partial charge in [-0.1, -0.05) is 12.1 Å². The lowest BCUT2D eigenvalue weighted by Gasteiger charge is -2.08. The smallest absolute Gasteiger partial charge is 0.180 e. The molecule has 1 heterocycles. The zero-order valence-electron chi connectivity index (χ0n) is 8.95. The Morgan fingerprint density at radius 3 is 2.93 bits per heavy atom. The number of hydrogen-bond acceptors (Lipinski definition) is 3. The van der Waals surface area contributed by atoms with Crippen LogP contribution in [0.15, 0.2) is 35.2 Å². The number of rotatable bonds is 3. The topological polar surface area (TPSA) is 38.1 Å². The number of anilines is 1. The minimum atomic E-state index is 0.671. The molecule has 78 valence electrons. The van der Waals surface area contributed by atoms with Crippen molar-refractivity contribution in [1.82, 2.24) is 4.98 Å². The highest BCUT2D eigenvalue weighted by Gasteiger charge is 2.00. The maximum absolute atomic E-state index is 5.15. The molecule has 1 aromatic heterocycles. The first-order valence-electron chi connectivity index (χ1n) is 4.94. The summed E-state index contributed by atoms with van der Waals surface area (Å²) in [6, 6.07) is 6.35. The Morgan fingerprint density at radius 2 is 2.20 bits per heavy atom. The van der Waals surface area contributed by atoms with E-state index in [0.29, 0.717) is 6.54 Å². The van der Waals surface area contributed by atoms with Crippen molar-refractivity contribution in [2.75, 3.05) is 5.32 Å². The molecule has 3 heteroatoms. The number of aromatic nitrogens is 1. The van der Waals surface area contributed by atoms with E-state index < -0.39 is 0 Å². The van der Waals surface area contributed by atoms with E-state index in [1.54, 1.807) is 6.20 Å². The van der Waals surface area contributed by atoms with Crippen LogP contribution in [0.2, 0.25) is 0 Å². The van der Waals surface area contributed by atoms with Crippen LogP contribution in [0.5, 0.6) is 0 Å². The molecule has 0 bridgehead atoms. The lowest BCUT2D eigenvalue weighted by atomic mass is 10.1. The van der Waals surface area contributed by atoms with Crippen molar-refractivity contribution in [3.8, 4) is 0 Å². The predicted octanol–water partition coefficient (Wildman–Crippen LogP) is 2.90. The standard InChI is InChI=1S/C12H14N2O/c1-9-3-4-10(2)12(5-9)14-7-11-6-13-8-15-11/h3-6,8,14H,7H2,1-2H3. The fourth-order valence-corrected chi connectivity index (χ4v) is 1.44. The van der Waals surface area contributed by atoms with Crippen LogP contribution < -0.4 is 5.32 Å². The summed E-state index contributed by atoms with van der Waals surface area (Å²) in [6.45, 7) is 4.84. The number of nitrogens with zero attached hydrogens (tertiary/aromatic N) is 1. The molecular weight excluding hydrogens is 188 g/mol. The highest BCUT2D eigenvalue weighted by molar-refractivity contribution is 5.52. The van der Waals surface area contributed by atoms with Gasteiger partial charge in [0.05, 0.1) is 12.7 Å². The Balaban J connectivity index is 2.07. The maximum Gasteiger partial charge on any atom is 0.180 e. The van der Waals surface area contributed by atoms with Crippen molar-refractivity contribution in [2.45, 2.75) is 20.4 Å². The normalized spacial score (nSPS) is 10.3. The van der Waals surface area contributed by atoms with Gasteiger partial charge in [-0.05, 0) is 31.0 Å². The fraction of sp³-hybridized carbons (Fsp3) is 0.250. The predicted molar refractivity (Wildman–Crippen MR) is 59.7 cm³/mol. The Morgan fingerprint density at radius 1 is 1.33 bits per heavy atom. The average Bonchev–Trinajstić information content (AvgIpc) is 2.72. The zero-order chi connectivity index (χ0) is 10.7. The van der Waals surface area contributed by atoms with Crippen molar-refractivity contribution in [2.24, 2.45) is 0 Å². The van der Waals surface area contributed by atoms with E-state index in [4.69, 9.17) is 4.42 Å². The van der Waals surface area contributed by atoms with Gasteiger partial charge in [-0.25, -0.2) is 4.98 Å². The molecule has 1 N–H and O–H groups in total. The molecule has 0 amide bonds. The number of aryl methyl sites for hydroxylation is 2. The van der Waals surface area contributed by atoms with Gasteiger partial charge >= 0.3 is 0 Å². The molecule has 0 saturated carbocycles. The van der Waals surface area contributed by atoms with Gasteiger partial charge < -0.3 is 9.73 Å². The molecule has 2 aromatic rings. The SMILES string of the molecule is Cc1ccc(C)c(NCc2cnco2)c1. The Hall–Kier alpha value is -1.77. The van der Waals surface area contributed by atoms with Crippen LogP contribution in [-0.4, -0.2) is 4.98 Å². The maximum atomic E-state index is 5.15. The summed E-state index contributed by atoms with van der Waals surface area (Å²) in [6.07, 6.45) is 3.16. The lowest BCUT2D eigenvalue weighted by Crippen LogP contribution is -2.00. The number of oxazole rings is 1. The molecule has 1 aromatic carbocycles. The molecule has 15 heavy (non-hydrogen) atoms. The molecule has 3 nitrogen and oxygen atoms in total. The Labute approximate surface area is 89.1 Å². The molecule has 0 saturated heterocycles. The monoisotopic (exact) mass is 202 g/mol. The summed E-state index contributed by atoms with van der Waals surface area (Å²) in [5.41, 5.74) is 3.63. The van der Waals surface area contributed by atoms with Crippen LogP contribution in [0.3, 0.4) is 0 Å². The molecule has 0 spiro atoms. The van der Waals surface area contributed by atoms with Gasteiger partial charge in [0.25, 0.3) is 0 Å². The van der Waals surface area contributed by atoms with Gasteiger partial charge in [-0.3, -0.25) is 0 Å². The van der Waals surface area contributed by atoms with Gasteiger partial charge in [0, 0.05) is 5.69 Å². The summed E-state index contributed by atoms with van der Waals surface area (Å²) in [7, 11) is 0. The van der Waals surface area contributed by atoms with E-state index in [-0.39, 0.29) is 0 Å². The number of benzene rings is 1. The van der Waals surface area contributed by atoms with Crippen molar-refractivity contribution in [3.63, 3.8) is 0 Å². The van der Waals surface area contributed by atoms with E-state index >= 15 is 0 Å². The van der Waals surface area contributed by atoms with Gasteiger partial charge in [-0.15, -0.1) is 0 Å². The third-order valence-electron chi connectivity index (χ3n) is 2.33. The van der Waals surface area contributed by atoms with Gasteiger partial charge in [0.1, 0.15) is 5.76 Å². The highest BCUT2D eigenvalue weighted by Crippen LogP contribution is 2.17. The van der Waals surface area contributed by atoms with Crippen molar-refractivity contribution >= 4 is 5.69 Å². The second-order valence-corrected chi connectivity index (χ2v) is 3.64. The summed E-state index contributed by atoms with van der Waals surface area (Å²) in [5.74, 6) is 0.843. The van der Waals surface area contributed by atoms with E-state index in [1.165, 1.54) is 17.5 Å². The molecule has 0 radical (unpaired) electrons. The third kappa shape index (κ3) is 2.37. The lowest BCUT2D eigenvalue weighted by molar-refractivity contribution is 0.511. The highest BCUT2D eigenvalue weighted by atomic mass is 16.3. The van der Waals surface area contributed by atoms with Crippen LogP contribution in [0, 0.1) is 13.8 Å². The number of nitrogens with one attached hydrogen (secondary N) is 1. The van der Waals surface area contributed by atoms with Gasteiger partial charge in [0.2, 0.25) is 0 Å². The second-order valence-electron chi connectivity index (χ2n) is 3.64. The van der Waals surface area contributed by atoms with Crippen LogP contribution in [0.1, 0.15) is 16.9 Å². The van der Waals surface area contributed by atoms with Crippen molar-refractivity contribution in [1.29, 1.82) is 0 Å². The molecule has 0 atom stereocenters. The van der Waals surface area contributed by atoms with Crippen molar-refractivity contribution in [3.05, 3.63) is 47.7 Å². The number of hydrogen-bond donors (Lipinski definition) is 1. The molecule has 0 aliphatic carbocycles. The molecule has 0 unspecified atom stereocenters. The Bertz CT molecular complexity index is 435. The van der Waals surface area contributed by atoms with Crippen LogP contribution >= 0.6 is 0 Å². The van der Waals surface area contributed by atoms with Gasteiger partial charge in [-0.2, -0.15) is 0 Å². The zero-order valence-corrected chi connectivity index (χ0v) is 8.95. The Kier molecular flexibility index (Phi) is 2.72. The van der Waals surface area contributed by atoms with E-state index in [9.17, 15) is 0 Å². The molecular formula is C12H14N2O. The van der Waals surface area contributed by atoms with E-state index in [1.807, 2.05) is 0 Å². The quantitative estimate of drug-likeness (QED) is 0.831. The van der Waals surface area contributed by atoms with Crippen LogP contribution in [0.25, 0.3) is 0 Å². The molecule has 2 rings (SSSR count). The first-order chi connectivity index (χ1) is 7.25. The minimum absolute atomic E-state index is 0.671. The van der Waals surface area contributed by atoms with Crippen LogP contribution in [0.4, 0.5) is 5.69 Å². The summed E-state index contributed by atoms with van der Waals surface area (Å²) >= 11 is 0. The first-order valence-corrected chi connectivity index (χ1v) is 4.94. The molecule has 0 aliphatic rings. The summed E-state index contributed by atoms with van der Waals surface area (Å²) in [5, 5.41) is 3.32. The second kappa shape index (κ2) is 4.17. The van der Waals surface area contributed by atoms with Gasteiger partial charge in [0.15, 0.2) is 6.39 Å². The average molecular weight is 202 g/mol. The summed E-state index contributed by atoms with van der Waals surface area (Å²) < 4.78 is 5.15. The molecule has 0 fully saturated rings. The van der Waals surface area contributed by atoms with Crippen molar-refractivity contribution < 1.29 is 4.42 Å².